The van der Waals surface area contributed by atoms with Crippen molar-refractivity contribution in [1.82, 2.24) is 9.55 Å². The molecule has 2 atom stereocenters. The third-order valence-electron chi connectivity index (χ3n) is 3.26. The Morgan fingerprint density at radius 3 is 2.94 bits per heavy atom. The number of hydrogen-bond donors (Lipinski definition) is 0. The zero-order chi connectivity index (χ0) is 11.3. The average molecular weight is 239 g/mol. The van der Waals surface area contributed by atoms with Crippen molar-refractivity contribution in [3.63, 3.8) is 0 Å². The summed E-state index contributed by atoms with van der Waals surface area (Å²) in [6, 6.07) is 5.52. The Kier molecular flexibility index (Phi) is 2.18. The first kappa shape index (κ1) is 10.1. The third kappa shape index (κ3) is 1.34. The van der Waals surface area contributed by atoms with E-state index in [9.17, 15) is 4.39 Å². The highest BCUT2D eigenvalue weighted by atomic mass is 35.5. The van der Waals surface area contributed by atoms with E-state index in [2.05, 4.69) is 16.5 Å². The minimum atomic E-state index is -0.268. The first-order valence-electron chi connectivity index (χ1n) is 5.43. The Morgan fingerprint density at radius 2 is 2.31 bits per heavy atom. The van der Waals surface area contributed by atoms with Crippen molar-refractivity contribution in [1.29, 1.82) is 0 Å². The molecular formula is C12H12ClFN2. The van der Waals surface area contributed by atoms with Gasteiger partial charge in [0.1, 0.15) is 11.3 Å². The lowest BCUT2D eigenvalue weighted by Gasteiger charge is -2.05. The lowest BCUT2D eigenvalue weighted by molar-refractivity contribution is 0.637. The average Bonchev–Trinajstić information content (AvgIpc) is 2.86. The molecule has 0 aliphatic heterocycles. The number of benzene rings is 1. The van der Waals surface area contributed by atoms with Crippen molar-refractivity contribution in [3.05, 3.63) is 29.8 Å². The fraction of sp³-hybridized carbons (Fsp3) is 0.417. The summed E-state index contributed by atoms with van der Waals surface area (Å²) in [5.74, 6) is 1.48. The zero-order valence-corrected chi connectivity index (χ0v) is 9.71. The second kappa shape index (κ2) is 3.45. The molecule has 0 amide bonds. The van der Waals surface area contributed by atoms with E-state index >= 15 is 0 Å². The number of alkyl halides is 1. The van der Waals surface area contributed by atoms with Gasteiger partial charge in [-0.15, -0.1) is 11.6 Å². The van der Waals surface area contributed by atoms with Crippen LogP contribution in [0.3, 0.4) is 0 Å². The van der Waals surface area contributed by atoms with Crippen molar-refractivity contribution in [3.8, 4) is 0 Å². The maximum Gasteiger partial charge on any atom is 0.151 e. The van der Waals surface area contributed by atoms with Gasteiger partial charge in [0.2, 0.25) is 0 Å². The molecule has 16 heavy (non-hydrogen) atoms. The minimum absolute atomic E-state index is 0.268. The molecule has 2 unspecified atom stereocenters. The molecule has 1 fully saturated rings. The molecule has 0 saturated heterocycles. The summed E-state index contributed by atoms with van der Waals surface area (Å²) in [5, 5.41) is 0. The minimum Gasteiger partial charge on any atom is -0.323 e. The Balaban J connectivity index is 2.27. The molecule has 1 aromatic heterocycles. The van der Waals surface area contributed by atoms with E-state index in [1.54, 1.807) is 6.07 Å². The van der Waals surface area contributed by atoms with Crippen LogP contribution in [0, 0.1) is 11.7 Å². The van der Waals surface area contributed by atoms with Crippen molar-refractivity contribution in [2.45, 2.75) is 25.3 Å². The van der Waals surface area contributed by atoms with Gasteiger partial charge in [-0.05, 0) is 24.5 Å². The molecule has 2 nitrogen and oxygen atoms in total. The van der Waals surface area contributed by atoms with Gasteiger partial charge in [0.05, 0.1) is 11.4 Å². The number of para-hydroxylation sites is 1. The number of hydrogen-bond acceptors (Lipinski definition) is 1. The second-order valence-corrected chi connectivity index (χ2v) is 4.69. The fourth-order valence-electron chi connectivity index (χ4n) is 2.26. The lowest BCUT2D eigenvalue weighted by atomic mass is 10.3. The number of nitrogens with zero attached hydrogens (tertiary/aromatic N) is 2. The molecule has 1 aromatic carbocycles. The van der Waals surface area contributed by atoms with E-state index in [0.717, 1.165) is 17.8 Å². The number of aromatic nitrogens is 2. The number of rotatable bonds is 2. The lowest BCUT2D eigenvalue weighted by Crippen LogP contribution is -2.00. The van der Waals surface area contributed by atoms with Crippen LogP contribution in [0.4, 0.5) is 4.39 Å². The molecule has 2 aromatic rings. The molecule has 4 heteroatoms. The van der Waals surface area contributed by atoms with Gasteiger partial charge >= 0.3 is 0 Å². The topological polar surface area (TPSA) is 17.8 Å². The summed E-state index contributed by atoms with van der Waals surface area (Å²) >= 11 is 5.87. The summed E-state index contributed by atoms with van der Waals surface area (Å²) in [5.41, 5.74) is 1.31. The smallest absolute Gasteiger partial charge is 0.151 e. The first-order chi connectivity index (χ1) is 7.72. The van der Waals surface area contributed by atoms with E-state index in [1.807, 2.05) is 6.07 Å². The van der Waals surface area contributed by atoms with Gasteiger partial charge in [-0.2, -0.15) is 0 Å². The molecule has 1 heterocycles. The molecule has 0 radical (unpaired) electrons. The van der Waals surface area contributed by atoms with Crippen LogP contribution in [0.5, 0.6) is 0 Å². The van der Waals surface area contributed by atoms with E-state index in [-0.39, 0.29) is 5.82 Å². The Labute approximate surface area is 98.0 Å². The Hall–Kier alpha value is -1.09. The van der Waals surface area contributed by atoms with Crippen LogP contribution < -0.4 is 0 Å². The number of imidazole rings is 1. The molecular weight excluding hydrogens is 227 g/mol. The normalized spacial score (nSPS) is 23.9. The van der Waals surface area contributed by atoms with Gasteiger partial charge in [-0.1, -0.05) is 13.0 Å². The predicted octanol–water partition coefficient (Wildman–Crippen LogP) is 3.50. The van der Waals surface area contributed by atoms with Crippen molar-refractivity contribution in [2.24, 2.45) is 5.92 Å². The molecule has 0 bridgehead atoms. The summed E-state index contributed by atoms with van der Waals surface area (Å²) in [4.78, 5) is 4.28. The SMILES string of the molecule is CC1CC1n1c(CCl)nc2c(F)cccc21. The maximum absolute atomic E-state index is 13.6. The van der Waals surface area contributed by atoms with Gasteiger partial charge < -0.3 is 4.57 Å². The quantitative estimate of drug-likeness (QED) is 0.733. The van der Waals surface area contributed by atoms with Crippen LogP contribution in [0.25, 0.3) is 11.0 Å². The summed E-state index contributed by atoms with van der Waals surface area (Å²) in [6.07, 6.45) is 1.13. The molecule has 84 valence electrons. The number of fused-ring (bicyclic) bond motifs is 1. The molecule has 1 saturated carbocycles. The van der Waals surface area contributed by atoms with Gasteiger partial charge in [0.15, 0.2) is 5.82 Å². The van der Waals surface area contributed by atoms with Crippen LogP contribution >= 0.6 is 11.6 Å². The highest BCUT2D eigenvalue weighted by Gasteiger charge is 2.37. The molecule has 1 aliphatic carbocycles. The van der Waals surface area contributed by atoms with Crippen LogP contribution in [-0.4, -0.2) is 9.55 Å². The first-order valence-corrected chi connectivity index (χ1v) is 5.97. The van der Waals surface area contributed by atoms with Crippen molar-refractivity contribution in [2.75, 3.05) is 0 Å². The van der Waals surface area contributed by atoms with Gasteiger partial charge in [-0.25, -0.2) is 9.37 Å². The highest BCUT2D eigenvalue weighted by molar-refractivity contribution is 6.16. The predicted molar refractivity (Wildman–Crippen MR) is 62.1 cm³/mol. The standard InChI is InChI=1S/C12H12ClFN2/c1-7-5-10(7)16-9-4-2-3-8(14)12(9)15-11(16)6-13/h2-4,7,10H,5-6H2,1H3. The van der Waals surface area contributed by atoms with Gasteiger partial charge in [-0.3, -0.25) is 0 Å². The van der Waals surface area contributed by atoms with E-state index in [1.165, 1.54) is 6.07 Å². The molecule has 0 N–H and O–H groups in total. The third-order valence-corrected chi connectivity index (χ3v) is 3.50. The van der Waals surface area contributed by atoms with E-state index in [4.69, 9.17) is 11.6 Å². The summed E-state index contributed by atoms with van der Waals surface area (Å²) in [7, 11) is 0. The van der Waals surface area contributed by atoms with Crippen molar-refractivity contribution < 1.29 is 4.39 Å². The van der Waals surface area contributed by atoms with Gasteiger partial charge in [0, 0.05) is 6.04 Å². The van der Waals surface area contributed by atoms with E-state index < -0.39 is 0 Å². The summed E-state index contributed by atoms with van der Waals surface area (Å²) < 4.78 is 15.7. The van der Waals surface area contributed by atoms with Crippen LogP contribution in [0.15, 0.2) is 18.2 Å². The fourth-order valence-corrected chi connectivity index (χ4v) is 2.45. The molecule has 3 rings (SSSR count). The van der Waals surface area contributed by atoms with Gasteiger partial charge in [0.25, 0.3) is 0 Å². The van der Waals surface area contributed by atoms with Crippen molar-refractivity contribution >= 4 is 22.6 Å². The van der Waals surface area contributed by atoms with Crippen LogP contribution in [-0.2, 0) is 5.88 Å². The Morgan fingerprint density at radius 1 is 1.56 bits per heavy atom. The monoisotopic (exact) mass is 238 g/mol. The molecule has 0 spiro atoms. The summed E-state index contributed by atoms with van der Waals surface area (Å²) in [6.45, 7) is 2.19. The van der Waals surface area contributed by atoms with Crippen LogP contribution in [0.2, 0.25) is 0 Å². The zero-order valence-electron chi connectivity index (χ0n) is 8.95. The van der Waals surface area contributed by atoms with E-state index in [0.29, 0.717) is 23.4 Å². The molecule has 1 aliphatic rings. The van der Waals surface area contributed by atoms with Crippen LogP contribution in [0.1, 0.15) is 25.2 Å². The largest absolute Gasteiger partial charge is 0.323 e. The number of halogens is 2. The maximum atomic E-state index is 13.6. The Bertz CT molecular complexity index is 549. The highest BCUT2D eigenvalue weighted by Crippen LogP contribution is 2.45. The second-order valence-electron chi connectivity index (χ2n) is 4.42.